The minimum absolute atomic E-state index is 0.0799. The van der Waals surface area contributed by atoms with Crippen LogP contribution in [0.15, 0.2) is 0 Å². The normalized spacial score (nSPS) is 47.5. The molecule has 4 heteroatoms. The van der Waals surface area contributed by atoms with E-state index in [4.69, 9.17) is 0 Å². The molecule has 64 valence electrons. The van der Waals surface area contributed by atoms with E-state index in [1.54, 1.807) is 0 Å². The van der Waals surface area contributed by atoms with Gasteiger partial charge in [-0.15, -0.1) is 0 Å². The Morgan fingerprint density at radius 1 is 1.36 bits per heavy atom. The van der Waals surface area contributed by atoms with Gasteiger partial charge in [-0.05, 0) is 25.2 Å². The Hall–Kier alpha value is -0.0900. The zero-order valence-electron chi connectivity index (χ0n) is 6.58. The van der Waals surface area contributed by atoms with Crippen molar-refractivity contribution >= 4 is 10.0 Å². The maximum Gasteiger partial charge on any atom is 0.214 e. The van der Waals surface area contributed by atoms with Crippen LogP contribution in [0, 0.1) is 5.92 Å². The number of fused-ring (bicyclic) bond motifs is 2. The van der Waals surface area contributed by atoms with Gasteiger partial charge in [0.25, 0.3) is 0 Å². The van der Waals surface area contributed by atoms with Crippen molar-refractivity contribution in [3.05, 3.63) is 0 Å². The molecule has 2 aliphatic rings. The van der Waals surface area contributed by atoms with E-state index < -0.39 is 10.0 Å². The Kier molecular flexibility index (Phi) is 1.51. The molecule has 1 aliphatic heterocycles. The number of hydrogen-bond acceptors (Lipinski definition) is 2. The van der Waals surface area contributed by atoms with Crippen LogP contribution in [0.25, 0.3) is 0 Å². The molecule has 0 amide bonds. The van der Waals surface area contributed by atoms with Gasteiger partial charge in [-0.3, -0.25) is 0 Å². The second kappa shape index (κ2) is 2.20. The van der Waals surface area contributed by atoms with E-state index in [9.17, 15) is 8.42 Å². The third-order valence-electron chi connectivity index (χ3n) is 2.90. The maximum atomic E-state index is 11.3. The van der Waals surface area contributed by atoms with Crippen molar-refractivity contribution in [2.24, 2.45) is 5.92 Å². The first-order valence-corrected chi connectivity index (χ1v) is 5.65. The summed E-state index contributed by atoms with van der Waals surface area (Å²) >= 11 is 0. The highest BCUT2D eigenvalue weighted by Crippen LogP contribution is 2.33. The number of rotatable bonds is 0. The second-order valence-corrected chi connectivity index (χ2v) is 5.67. The first kappa shape index (κ1) is 7.55. The number of sulfonamides is 1. The molecule has 2 fully saturated rings. The Morgan fingerprint density at radius 2 is 2.09 bits per heavy atom. The van der Waals surface area contributed by atoms with Crippen molar-refractivity contribution in [2.75, 3.05) is 0 Å². The predicted molar refractivity (Wildman–Crippen MR) is 42.6 cm³/mol. The summed E-state index contributed by atoms with van der Waals surface area (Å²) in [5.41, 5.74) is 0. The average Bonchev–Trinajstić information content (AvgIpc) is 2.16. The molecule has 3 unspecified atom stereocenters. The van der Waals surface area contributed by atoms with Crippen molar-refractivity contribution in [3.8, 4) is 0 Å². The molecule has 0 spiro atoms. The Morgan fingerprint density at radius 3 is 2.73 bits per heavy atom. The molecule has 1 saturated heterocycles. The van der Waals surface area contributed by atoms with Crippen LogP contribution in [-0.4, -0.2) is 19.7 Å². The highest BCUT2D eigenvalue weighted by atomic mass is 32.2. The molecular formula is C7H13NO2S. The van der Waals surface area contributed by atoms with Crippen LogP contribution in [0.2, 0.25) is 0 Å². The number of nitrogens with one attached hydrogen (secondary N) is 1. The van der Waals surface area contributed by atoms with E-state index in [2.05, 4.69) is 11.6 Å². The van der Waals surface area contributed by atoms with Gasteiger partial charge >= 0.3 is 0 Å². The molecule has 1 N–H and O–H groups in total. The first-order valence-electron chi connectivity index (χ1n) is 4.11. The van der Waals surface area contributed by atoms with E-state index in [-0.39, 0.29) is 11.3 Å². The summed E-state index contributed by atoms with van der Waals surface area (Å²) in [5.74, 6) is 0.531. The molecule has 11 heavy (non-hydrogen) atoms. The minimum Gasteiger partial charge on any atom is -0.212 e. The Balaban J connectivity index is 2.29. The van der Waals surface area contributed by atoms with Gasteiger partial charge in [-0.25, -0.2) is 13.1 Å². The van der Waals surface area contributed by atoms with Crippen LogP contribution in [-0.2, 0) is 10.0 Å². The SMILES string of the molecule is CC1CCC2CC1NS2(=O)=O. The lowest BCUT2D eigenvalue weighted by Gasteiger charge is -2.21. The summed E-state index contributed by atoms with van der Waals surface area (Å²) in [6.07, 6.45) is 2.75. The highest BCUT2D eigenvalue weighted by molar-refractivity contribution is 7.90. The van der Waals surface area contributed by atoms with E-state index in [0.29, 0.717) is 5.92 Å². The van der Waals surface area contributed by atoms with Crippen molar-refractivity contribution < 1.29 is 8.42 Å². The number of hydrogen-bond donors (Lipinski definition) is 1. The van der Waals surface area contributed by atoms with E-state index in [1.807, 2.05) is 0 Å². The van der Waals surface area contributed by atoms with E-state index >= 15 is 0 Å². The van der Waals surface area contributed by atoms with Crippen LogP contribution < -0.4 is 4.72 Å². The van der Waals surface area contributed by atoms with Crippen molar-refractivity contribution in [3.63, 3.8) is 0 Å². The molecule has 0 aromatic heterocycles. The highest BCUT2D eigenvalue weighted by Gasteiger charge is 2.43. The largest absolute Gasteiger partial charge is 0.214 e. The standard InChI is InChI=1S/C7H13NO2S/c1-5-2-3-6-4-7(5)8-11(6,9)10/h5-8H,2-4H2,1H3. The molecule has 0 radical (unpaired) electrons. The third-order valence-corrected chi connectivity index (χ3v) is 4.84. The van der Waals surface area contributed by atoms with Gasteiger partial charge in [0.05, 0.1) is 5.25 Å². The zero-order chi connectivity index (χ0) is 8.06. The first-order chi connectivity index (χ1) is 5.09. The molecule has 3 atom stereocenters. The summed E-state index contributed by atoms with van der Waals surface area (Å²) < 4.78 is 25.3. The van der Waals surface area contributed by atoms with Gasteiger partial charge in [0.2, 0.25) is 10.0 Å². The predicted octanol–water partition coefficient (Wildman–Crippen LogP) is 0.477. The molecule has 1 heterocycles. The molecule has 0 aromatic rings. The molecule has 3 nitrogen and oxygen atoms in total. The van der Waals surface area contributed by atoms with Gasteiger partial charge in [-0.2, -0.15) is 0 Å². The smallest absolute Gasteiger partial charge is 0.212 e. The van der Waals surface area contributed by atoms with Crippen LogP contribution in [0.3, 0.4) is 0 Å². The Labute approximate surface area is 67.2 Å². The fraction of sp³-hybridized carbons (Fsp3) is 1.00. The summed E-state index contributed by atoms with van der Waals surface area (Å²) in [5, 5.41) is -0.0799. The summed E-state index contributed by atoms with van der Waals surface area (Å²) in [6.45, 7) is 2.12. The maximum absolute atomic E-state index is 11.3. The molecule has 2 bridgehead atoms. The van der Waals surface area contributed by atoms with Gasteiger partial charge in [0.1, 0.15) is 0 Å². The third kappa shape index (κ3) is 1.08. The second-order valence-electron chi connectivity index (χ2n) is 3.68. The lowest BCUT2D eigenvalue weighted by Crippen LogP contribution is -2.30. The van der Waals surface area contributed by atoms with Gasteiger partial charge in [-0.1, -0.05) is 6.92 Å². The molecule has 1 saturated carbocycles. The molecule has 1 aliphatic carbocycles. The van der Waals surface area contributed by atoms with Crippen molar-refractivity contribution in [1.29, 1.82) is 0 Å². The monoisotopic (exact) mass is 175 g/mol. The van der Waals surface area contributed by atoms with Gasteiger partial charge in [0, 0.05) is 6.04 Å². The average molecular weight is 175 g/mol. The van der Waals surface area contributed by atoms with Gasteiger partial charge in [0.15, 0.2) is 0 Å². The van der Waals surface area contributed by atoms with Crippen LogP contribution in [0.5, 0.6) is 0 Å². The van der Waals surface area contributed by atoms with Crippen LogP contribution in [0.1, 0.15) is 26.2 Å². The van der Waals surface area contributed by atoms with Gasteiger partial charge < -0.3 is 0 Å². The minimum atomic E-state index is -2.91. The molecular weight excluding hydrogens is 162 g/mol. The van der Waals surface area contributed by atoms with E-state index in [1.165, 1.54) is 0 Å². The lowest BCUT2D eigenvalue weighted by molar-refractivity contribution is 0.344. The summed E-state index contributed by atoms with van der Waals surface area (Å²) in [4.78, 5) is 0. The van der Waals surface area contributed by atoms with Crippen molar-refractivity contribution in [1.82, 2.24) is 4.72 Å². The fourth-order valence-corrected chi connectivity index (χ4v) is 3.89. The summed E-state index contributed by atoms with van der Waals surface area (Å²) in [6, 6.07) is 0.235. The summed E-state index contributed by atoms with van der Waals surface area (Å²) in [7, 11) is -2.91. The zero-order valence-corrected chi connectivity index (χ0v) is 7.39. The fourth-order valence-electron chi connectivity index (χ4n) is 2.04. The molecule has 0 aromatic carbocycles. The quantitative estimate of drug-likeness (QED) is 0.582. The Bertz CT molecular complexity index is 260. The van der Waals surface area contributed by atoms with Crippen molar-refractivity contribution in [2.45, 2.75) is 37.5 Å². The topological polar surface area (TPSA) is 46.2 Å². The molecule has 2 rings (SSSR count). The van der Waals surface area contributed by atoms with Crippen LogP contribution in [0.4, 0.5) is 0 Å². The lowest BCUT2D eigenvalue weighted by atomic mass is 9.86. The van der Waals surface area contributed by atoms with Crippen LogP contribution >= 0.6 is 0 Å². The van der Waals surface area contributed by atoms with E-state index in [0.717, 1.165) is 19.3 Å².